The van der Waals surface area contributed by atoms with Crippen LogP contribution in [0.15, 0.2) is 47.1 Å². The molecule has 0 aliphatic heterocycles. The predicted molar refractivity (Wildman–Crippen MR) is 107 cm³/mol. The minimum atomic E-state index is -0.139. The lowest BCUT2D eigenvalue weighted by molar-refractivity contribution is -0.118. The van der Waals surface area contributed by atoms with E-state index in [0.717, 1.165) is 22.4 Å². The number of benzene rings is 1. The number of aromatic nitrogens is 2. The Labute approximate surface area is 164 Å². The highest BCUT2D eigenvalue weighted by molar-refractivity contribution is 5.95. The first-order chi connectivity index (χ1) is 13.4. The zero-order valence-electron chi connectivity index (χ0n) is 16.5. The molecular formula is C22H23N3O3. The van der Waals surface area contributed by atoms with Crippen molar-refractivity contribution in [1.29, 1.82) is 0 Å². The fourth-order valence-corrected chi connectivity index (χ4v) is 3.02. The van der Waals surface area contributed by atoms with Crippen LogP contribution in [0.25, 0.3) is 11.1 Å². The summed E-state index contributed by atoms with van der Waals surface area (Å²) in [7, 11) is 1.78. The number of anilines is 1. The number of rotatable bonds is 6. The van der Waals surface area contributed by atoms with Gasteiger partial charge in [0.25, 0.3) is 0 Å². The topological polar surface area (TPSA) is 76.3 Å². The van der Waals surface area contributed by atoms with Crippen LogP contribution in [0.3, 0.4) is 0 Å². The third-order valence-electron chi connectivity index (χ3n) is 4.60. The largest absolute Gasteiger partial charge is 0.446 e. The molecule has 3 rings (SSSR count). The van der Waals surface area contributed by atoms with Gasteiger partial charge in [-0.2, -0.15) is 0 Å². The molecule has 2 aromatic heterocycles. The Balaban J connectivity index is 1.77. The lowest BCUT2D eigenvalue weighted by atomic mass is 10.0. The molecule has 0 spiro atoms. The highest BCUT2D eigenvalue weighted by Gasteiger charge is 2.14. The summed E-state index contributed by atoms with van der Waals surface area (Å²) in [6.07, 6.45) is 3.83. The fourth-order valence-electron chi connectivity index (χ4n) is 3.02. The van der Waals surface area contributed by atoms with E-state index in [1.807, 2.05) is 38.1 Å². The Morgan fingerprint density at radius 2 is 1.79 bits per heavy atom. The molecule has 0 radical (unpaired) electrons. The molecule has 0 aliphatic carbocycles. The molecule has 144 valence electrons. The third-order valence-corrected chi connectivity index (χ3v) is 4.60. The molecule has 0 unspecified atom stereocenters. The van der Waals surface area contributed by atoms with Gasteiger partial charge in [-0.05, 0) is 43.2 Å². The number of carbonyl (C=O) groups is 2. The summed E-state index contributed by atoms with van der Waals surface area (Å²) in [5.41, 5.74) is 4.15. The summed E-state index contributed by atoms with van der Waals surface area (Å²) in [5.74, 6) is 1.00. The highest BCUT2D eigenvalue weighted by Crippen LogP contribution is 2.27. The molecule has 28 heavy (non-hydrogen) atoms. The Kier molecular flexibility index (Phi) is 5.68. The number of hydrogen-bond acceptors (Lipinski definition) is 5. The van der Waals surface area contributed by atoms with Gasteiger partial charge < -0.3 is 9.32 Å². The number of ketones is 1. The number of aryl methyl sites for hydroxylation is 2. The van der Waals surface area contributed by atoms with Gasteiger partial charge in [0.1, 0.15) is 11.5 Å². The van der Waals surface area contributed by atoms with Crippen molar-refractivity contribution in [2.24, 2.45) is 0 Å². The van der Waals surface area contributed by atoms with Crippen LogP contribution < -0.4 is 4.90 Å². The van der Waals surface area contributed by atoms with E-state index in [9.17, 15) is 9.59 Å². The number of carbonyl (C=O) groups excluding carboxylic acids is 2. The summed E-state index contributed by atoms with van der Waals surface area (Å²) in [6.45, 7) is 5.61. The maximum absolute atomic E-state index is 12.3. The maximum atomic E-state index is 12.3. The third kappa shape index (κ3) is 4.17. The van der Waals surface area contributed by atoms with E-state index < -0.39 is 0 Å². The Hall–Kier alpha value is -3.28. The van der Waals surface area contributed by atoms with Gasteiger partial charge >= 0.3 is 0 Å². The molecule has 6 heteroatoms. The normalized spacial score (nSPS) is 10.7. The van der Waals surface area contributed by atoms with Crippen molar-refractivity contribution in [3.63, 3.8) is 0 Å². The molecule has 6 nitrogen and oxygen atoms in total. The van der Waals surface area contributed by atoms with Crippen LogP contribution in [0.5, 0.6) is 0 Å². The van der Waals surface area contributed by atoms with Crippen molar-refractivity contribution in [3.8, 4) is 11.1 Å². The minimum Gasteiger partial charge on any atom is -0.446 e. The molecule has 1 amide bonds. The molecule has 0 saturated carbocycles. The van der Waals surface area contributed by atoms with Crippen LogP contribution >= 0.6 is 0 Å². The van der Waals surface area contributed by atoms with E-state index in [1.54, 1.807) is 37.3 Å². The van der Waals surface area contributed by atoms with Gasteiger partial charge in [0, 0.05) is 30.9 Å². The summed E-state index contributed by atoms with van der Waals surface area (Å²) in [4.78, 5) is 34.3. The van der Waals surface area contributed by atoms with E-state index >= 15 is 0 Å². The molecule has 0 saturated heterocycles. The molecule has 0 N–H and O–H groups in total. The number of nitrogens with zero attached hydrogens (tertiary/aromatic N) is 3. The smallest absolute Gasteiger partial charge is 0.226 e. The van der Waals surface area contributed by atoms with Gasteiger partial charge in [0.2, 0.25) is 11.8 Å². The average molecular weight is 377 g/mol. The van der Waals surface area contributed by atoms with Crippen molar-refractivity contribution >= 4 is 17.4 Å². The summed E-state index contributed by atoms with van der Waals surface area (Å²) >= 11 is 0. The van der Waals surface area contributed by atoms with Crippen molar-refractivity contribution in [3.05, 3.63) is 65.6 Å². The number of amides is 1. The monoisotopic (exact) mass is 377 g/mol. The predicted octanol–water partition coefficient (Wildman–Crippen LogP) is 4.15. The molecule has 0 aliphatic rings. The van der Waals surface area contributed by atoms with Gasteiger partial charge in [-0.1, -0.05) is 19.1 Å². The molecule has 0 fully saturated rings. The van der Waals surface area contributed by atoms with Gasteiger partial charge in [-0.25, -0.2) is 4.98 Å². The lowest BCUT2D eigenvalue weighted by Crippen LogP contribution is -2.25. The van der Waals surface area contributed by atoms with Crippen LogP contribution in [0.1, 0.15) is 41.0 Å². The van der Waals surface area contributed by atoms with Crippen LogP contribution in [0, 0.1) is 13.8 Å². The van der Waals surface area contributed by atoms with Gasteiger partial charge in [-0.15, -0.1) is 0 Å². The molecule has 0 atom stereocenters. The highest BCUT2D eigenvalue weighted by atomic mass is 16.4. The summed E-state index contributed by atoms with van der Waals surface area (Å²) in [5, 5.41) is 0. The van der Waals surface area contributed by atoms with Crippen molar-refractivity contribution in [2.45, 2.75) is 33.6 Å². The van der Waals surface area contributed by atoms with E-state index in [4.69, 9.17) is 4.42 Å². The van der Waals surface area contributed by atoms with Crippen LogP contribution in [0.4, 0.5) is 5.69 Å². The Morgan fingerprint density at radius 3 is 2.36 bits per heavy atom. The number of pyridine rings is 1. The van der Waals surface area contributed by atoms with E-state index in [-0.39, 0.29) is 18.1 Å². The van der Waals surface area contributed by atoms with E-state index in [0.29, 0.717) is 23.8 Å². The van der Waals surface area contributed by atoms with Gasteiger partial charge in [0.05, 0.1) is 12.6 Å². The van der Waals surface area contributed by atoms with E-state index in [2.05, 4.69) is 9.97 Å². The van der Waals surface area contributed by atoms with Crippen molar-refractivity contribution in [1.82, 2.24) is 9.97 Å². The van der Waals surface area contributed by atoms with Crippen LogP contribution in [-0.2, 0) is 11.2 Å². The maximum Gasteiger partial charge on any atom is 0.226 e. The summed E-state index contributed by atoms with van der Waals surface area (Å²) in [6, 6.07) is 9.49. The first-order valence-electron chi connectivity index (χ1n) is 9.17. The van der Waals surface area contributed by atoms with Crippen molar-refractivity contribution in [2.75, 3.05) is 11.9 Å². The summed E-state index contributed by atoms with van der Waals surface area (Å²) < 4.78 is 5.35. The first-order valence-corrected chi connectivity index (χ1v) is 9.17. The average Bonchev–Trinajstić information content (AvgIpc) is 3.11. The standard InChI is InChI=1S/C22H23N3O3/c1-5-22(27)25(4)19-9-7-16(10-14(19)2)17-6-8-18(23-13-17)20(26)11-21-24-12-15(3)28-21/h6-10,12-13H,5,11H2,1-4H3. The molecule has 2 heterocycles. The van der Waals surface area contributed by atoms with Crippen molar-refractivity contribution < 1.29 is 14.0 Å². The van der Waals surface area contributed by atoms with E-state index in [1.165, 1.54) is 0 Å². The fraction of sp³-hybridized carbons (Fsp3) is 0.273. The van der Waals surface area contributed by atoms with Gasteiger partial charge in [-0.3, -0.25) is 14.6 Å². The zero-order valence-corrected chi connectivity index (χ0v) is 16.5. The zero-order chi connectivity index (χ0) is 20.3. The second-order valence-corrected chi connectivity index (χ2v) is 6.70. The Bertz CT molecular complexity index is 1010. The first kappa shape index (κ1) is 19.5. The molecule has 3 aromatic rings. The van der Waals surface area contributed by atoms with Gasteiger partial charge in [0.15, 0.2) is 5.78 Å². The number of oxazole rings is 1. The quantitative estimate of drug-likeness (QED) is 0.603. The minimum absolute atomic E-state index is 0.0709. The second kappa shape index (κ2) is 8.17. The SMILES string of the molecule is CCC(=O)N(C)c1ccc(-c2ccc(C(=O)Cc3ncc(C)o3)nc2)cc1C. The molecule has 1 aromatic carbocycles. The number of hydrogen-bond donors (Lipinski definition) is 0. The molecule has 0 bridgehead atoms. The molecular weight excluding hydrogens is 354 g/mol. The van der Waals surface area contributed by atoms with Crippen LogP contribution in [0.2, 0.25) is 0 Å². The second-order valence-electron chi connectivity index (χ2n) is 6.70. The Morgan fingerprint density at radius 1 is 1.04 bits per heavy atom. The number of Topliss-reactive ketones (excluding diaryl/α,β-unsaturated/α-hetero) is 1. The lowest BCUT2D eigenvalue weighted by Gasteiger charge is -2.19. The van der Waals surface area contributed by atoms with Crippen LogP contribution in [-0.4, -0.2) is 28.7 Å².